The fraction of sp³-hybridized carbons (Fsp3) is 0.273. The van der Waals surface area contributed by atoms with Crippen molar-refractivity contribution in [2.24, 2.45) is 0 Å². The van der Waals surface area contributed by atoms with Crippen LogP contribution in [0.25, 0.3) is 10.6 Å². The fourth-order valence-electron chi connectivity index (χ4n) is 1.64. The van der Waals surface area contributed by atoms with E-state index in [2.05, 4.69) is 15.5 Å². The molecule has 116 valence electrons. The van der Waals surface area contributed by atoms with E-state index in [1.54, 1.807) is 0 Å². The highest BCUT2D eigenvalue weighted by Gasteiger charge is 2.23. The smallest absolute Gasteiger partial charge is 0.286 e. The maximum Gasteiger partial charge on any atom is 0.286 e. The molecule has 0 radical (unpaired) electrons. The lowest BCUT2D eigenvalue weighted by Gasteiger charge is -1.99. The van der Waals surface area contributed by atoms with Gasteiger partial charge in [0.05, 0.1) is 21.5 Å². The van der Waals surface area contributed by atoms with Crippen molar-refractivity contribution < 1.29 is 15.0 Å². The largest absolute Gasteiger partial charge is 0.396 e. The Bertz CT molecular complexity index is 704. The summed E-state index contributed by atoms with van der Waals surface area (Å²) in [6.07, 6.45) is 0.534. The number of nitro benzene ring substituents is 2. The summed E-state index contributed by atoms with van der Waals surface area (Å²) in [5.74, 6) is 0. The quantitative estimate of drug-likeness (QED) is 0.445. The van der Waals surface area contributed by atoms with Gasteiger partial charge in [0.2, 0.25) is 5.13 Å². The van der Waals surface area contributed by atoms with Crippen LogP contribution in [0.15, 0.2) is 18.2 Å². The van der Waals surface area contributed by atoms with E-state index in [0.29, 0.717) is 18.1 Å². The molecule has 0 spiro atoms. The number of anilines is 1. The molecule has 1 aromatic carbocycles. The molecule has 0 unspecified atom stereocenters. The van der Waals surface area contributed by atoms with Gasteiger partial charge in [0.1, 0.15) is 0 Å². The van der Waals surface area contributed by atoms with Crippen molar-refractivity contribution in [1.82, 2.24) is 10.2 Å². The minimum Gasteiger partial charge on any atom is -0.396 e. The predicted molar refractivity (Wildman–Crippen MR) is 78.8 cm³/mol. The SMILES string of the molecule is O=[N+]([O-])c1ccc(-c2nnc(NCCCO)s2)c([N+](=O)[O-])c1. The van der Waals surface area contributed by atoms with Crippen LogP contribution in [-0.4, -0.2) is 38.3 Å². The first-order chi connectivity index (χ1) is 10.5. The zero-order chi connectivity index (χ0) is 16.1. The van der Waals surface area contributed by atoms with Gasteiger partial charge in [-0.3, -0.25) is 20.2 Å². The Labute approximate surface area is 127 Å². The molecule has 0 aliphatic carbocycles. The third-order valence-electron chi connectivity index (χ3n) is 2.66. The predicted octanol–water partition coefficient (Wildman–Crippen LogP) is 1.82. The molecule has 0 atom stereocenters. The third kappa shape index (κ3) is 3.51. The number of nitrogens with one attached hydrogen (secondary N) is 1. The summed E-state index contributed by atoms with van der Waals surface area (Å²) in [6.45, 7) is 0.528. The number of nitro groups is 2. The highest BCUT2D eigenvalue weighted by molar-refractivity contribution is 7.18. The van der Waals surface area contributed by atoms with Gasteiger partial charge in [0, 0.05) is 19.2 Å². The van der Waals surface area contributed by atoms with E-state index in [4.69, 9.17) is 5.11 Å². The first-order valence-corrected chi connectivity index (χ1v) is 6.96. The van der Waals surface area contributed by atoms with Crippen molar-refractivity contribution in [2.45, 2.75) is 6.42 Å². The summed E-state index contributed by atoms with van der Waals surface area (Å²) < 4.78 is 0. The van der Waals surface area contributed by atoms with Crippen molar-refractivity contribution in [1.29, 1.82) is 0 Å². The van der Waals surface area contributed by atoms with Crippen LogP contribution in [0.5, 0.6) is 0 Å². The first kappa shape index (κ1) is 15.7. The van der Waals surface area contributed by atoms with Crippen LogP contribution in [-0.2, 0) is 0 Å². The molecule has 2 aromatic rings. The molecular weight excluding hydrogens is 314 g/mol. The van der Waals surface area contributed by atoms with Crippen LogP contribution in [0.4, 0.5) is 16.5 Å². The Morgan fingerprint density at radius 1 is 1.23 bits per heavy atom. The topological polar surface area (TPSA) is 144 Å². The molecule has 2 N–H and O–H groups in total. The number of benzene rings is 1. The molecule has 2 rings (SSSR count). The zero-order valence-electron chi connectivity index (χ0n) is 11.1. The maximum atomic E-state index is 11.1. The van der Waals surface area contributed by atoms with E-state index in [1.807, 2.05) is 0 Å². The Balaban J connectivity index is 2.31. The van der Waals surface area contributed by atoms with Gasteiger partial charge in [-0.25, -0.2) is 0 Å². The molecule has 22 heavy (non-hydrogen) atoms. The van der Waals surface area contributed by atoms with Gasteiger partial charge in [-0.2, -0.15) is 0 Å². The number of aliphatic hydroxyl groups excluding tert-OH is 1. The summed E-state index contributed by atoms with van der Waals surface area (Å²) in [4.78, 5) is 20.4. The first-order valence-electron chi connectivity index (χ1n) is 6.14. The molecular formula is C11H11N5O5S. The average Bonchev–Trinajstić information content (AvgIpc) is 2.95. The molecule has 0 aliphatic rings. The number of non-ortho nitro benzene ring substituents is 1. The number of hydrogen-bond donors (Lipinski definition) is 2. The molecule has 1 aromatic heterocycles. The van der Waals surface area contributed by atoms with Gasteiger partial charge in [0.25, 0.3) is 11.4 Å². The number of nitrogens with zero attached hydrogens (tertiary/aromatic N) is 4. The number of aliphatic hydroxyl groups is 1. The van der Waals surface area contributed by atoms with Crippen LogP contribution in [0.1, 0.15) is 6.42 Å². The molecule has 0 saturated carbocycles. The van der Waals surface area contributed by atoms with E-state index in [0.717, 1.165) is 17.4 Å². The van der Waals surface area contributed by atoms with Gasteiger partial charge in [0.15, 0.2) is 5.01 Å². The van der Waals surface area contributed by atoms with Crippen molar-refractivity contribution in [3.63, 3.8) is 0 Å². The van der Waals surface area contributed by atoms with Gasteiger partial charge < -0.3 is 10.4 Å². The molecule has 0 amide bonds. The molecule has 0 bridgehead atoms. The van der Waals surface area contributed by atoms with Crippen LogP contribution in [0.3, 0.4) is 0 Å². The fourth-order valence-corrected chi connectivity index (χ4v) is 2.45. The second-order valence-electron chi connectivity index (χ2n) is 4.13. The van der Waals surface area contributed by atoms with Crippen molar-refractivity contribution >= 4 is 27.8 Å². The molecule has 10 nitrogen and oxygen atoms in total. The summed E-state index contributed by atoms with van der Waals surface area (Å²) >= 11 is 1.09. The lowest BCUT2D eigenvalue weighted by atomic mass is 10.1. The summed E-state index contributed by atoms with van der Waals surface area (Å²) in [6, 6.07) is 3.37. The summed E-state index contributed by atoms with van der Waals surface area (Å²) in [5.41, 5.74) is -0.586. The number of rotatable bonds is 7. The standard InChI is InChI=1S/C11H11N5O5S/c17-5-1-4-12-11-14-13-10(22-11)8-3-2-7(15(18)19)6-9(8)16(20)21/h2-3,6,17H,1,4-5H2,(H,12,14). The Hall–Kier alpha value is -2.66. The Kier molecular flexibility index (Phi) is 4.91. The van der Waals surface area contributed by atoms with Crippen molar-refractivity contribution in [3.8, 4) is 10.6 Å². The number of aromatic nitrogens is 2. The van der Waals surface area contributed by atoms with Gasteiger partial charge >= 0.3 is 0 Å². The average molecular weight is 325 g/mol. The summed E-state index contributed by atoms with van der Waals surface area (Å²) in [7, 11) is 0. The molecule has 0 aliphatic heterocycles. The van der Waals surface area contributed by atoms with E-state index >= 15 is 0 Å². The van der Waals surface area contributed by atoms with E-state index in [-0.39, 0.29) is 22.9 Å². The lowest BCUT2D eigenvalue weighted by Crippen LogP contribution is -2.02. The molecule has 11 heteroatoms. The van der Waals surface area contributed by atoms with Crippen molar-refractivity contribution in [2.75, 3.05) is 18.5 Å². The number of hydrogen-bond acceptors (Lipinski definition) is 9. The van der Waals surface area contributed by atoms with Gasteiger partial charge in [-0.1, -0.05) is 11.3 Å². The lowest BCUT2D eigenvalue weighted by molar-refractivity contribution is -0.393. The van der Waals surface area contributed by atoms with E-state index < -0.39 is 15.5 Å². The van der Waals surface area contributed by atoms with Gasteiger partial charge in [-0.15, -0.1) is 10.2 Å². The molecule has 0 saturated heterocycles. The molecule has 1 heterocycles. The second-order valence-corrected chi connectivity index (χ2v) is 5.11. The third-order valence-corrected chi connectivity index (χ3v) is 3.57. The normalized spacial score (nSPS) is 10.4. The van der Waals surface area contributed by atoms with Crippen LogP contribution in [0, 0.1) is 20.2 Å². The Morgan fingerprint density at radius 3 is 2.64 bits per heavy atom. The van der Waals surface area contributed by atoms with E-state index in [9.17, 15) is 20.2 Å². The van der Waals surface area contributed by atoms with Crippen molar-refractivity contribution in [3.05, 3.63) is 38.4 Å². The van der Waals surface area contributed by atoms with Crippen LogP contribution < -0.4 is 5.32 Å². The minimum absolute atomic E-state index is 0.0342. The highest BCUT2D eigenvalue weighted by Crippen LogP contribution is 2.35. The zero-order valence-corrected chi connectivity index (χ0v) is 11.9. The highest BCUT2D eigenvalue weighted by atomic mass is 32.1. The maximum absolute atomic E-state index is 11.1. The van der Waals surface area contributed by atoms with Crippen LogP contribution >= 0.6 is 11.3 Å². The minimum atomic E-state index is -0.696. The van der Waals surface area contributed by atoms with E-state index in [1.165, 1.54) is 12.1 Å². The molecule has 0 fully saturated rings. The monoisotopic (exact) mass is 325 g/mol. The van der Waals surface area contributed by atoms with Crippen LogP contribution in [0.2, 0.25) is 0 Å². The van der Waals surface area contributed by atoms with Gasteiger partial charge in [-0.05, 0) is 12.5 Å². The summed E-state index contributed by atoms with van der Waals surface area (Å²) in [5, 5.41) is 41.8. The Morgan fingerprint density at radius 2 is 2.00 bits per heavy atom. The second kappa shape index (κ2) is 6.87.